The zero-order valence-corrected chi connectivity index (χ0v) is 17.1. The number of pyridine rings is 1. The van der Waals surface area contributed by atoms with Crippen molar-refractivity contribution in [1.29, 1.82) is 0 Å². The lowest BCUT2D eigenvalue weighted by Gasteiger charge is -2.23. The lowest BCUT2D eigenvalue weighted by molar-refractivity contribution is -0.130. The molecule has 2 aliphatic heterocycles. The summed E-state index contributed by atoms with van der Waals surface area (Å²) in [7, 11) is -0.676. The summed E-state index contributed by atoms with van der Waals surface area (Å²) in [6.07, 6.45) is 1.82. The molecule has 2 amide bonds. The Balaban J connectivity index is 1.48. The highest BCUT2D eigenvalue weighted by atomic mass is 32.2. The van der Waals surface area contributed by atoms with Crippen molar-refractivity contribution in [2.24, 2.45) is 0 Å². The van der Waals surface area contributed by atoms with Crippen molar-refractivity contribution < 1.29 is 27.5 Å². The Hall–Kier alpha value is -2.40. The van der Waals surface area contributed by atoms with Gasteiger partial charge in [0.15, 0.2) is 0 Å². The van der Waals surface area contributed by atoms with Gasteiger partial charge in [-0.3, -0.25) is 14.5 Å². The second-order valence-electron chi connectivity index (χ2n) is 7.51. The average Bonchev–Trinajstić information content (AvgIpc) is 3.45. The third-order valence-corrected chi connectivity index (χ3v) is 7.31. The van der Waals surface area contributed by atoms with Gasteiger partial charge in [-0.1, -0.05) is 0 Å². The monoisotopic (exact) mass is 424 g/mol. The number of hydrogen-bond donors (Lipinski definition) is 1. The van der Waals surface area contributed by atoms with Crippen molar-refractivity contribution in [2.75, 3.05) is 33.1 Å². The van der Waals surface area contributed by atoms with Crippen LogP contribution < -0.4 is 14.8 Å². The molecule has 3 aliphatic rings. The van der Waals surface area contributed by atoms with E-state index in [4.69, 9.17) is 9.47 Å². The number of amides is 2. The highest BCUT2D eigenvalue weighted by molar-refractivity contribution is 7.89. The molecule has 1 aliphatic carbocycles. The fourth-order valence-corrected chi connectivity index (χ4v) is 5.69. The predicted octanol–water partition coefficient (Wildman–Crippen LogP) is -0.394. The van der Waals surface area contributed by atoms with Crippen LogP contribution in [-0.2, 0) is 14.8 Å². The molecule has 0 bridgehead atoms. The molecule has 0 spiro atoms. The molecule has 158 valence electrons. The van der Waals surface area contributed by atoms with Crippen LogP contribution in [0.1, 0.15) is 29.6 Å². The van der Waals surface area contributed by atoms with Crippen LogP contribution in [0, 0.1) is 0 Å². The summed E-state index contributed by atoms with van der Waals surface area (Å²) in [5, 5.41) is 2.92. The number of ether oxygens (including phenoxy) is 2. The van der Waals surface area contributed by atoms with Crippen molar-refractivity contribution in [1.82, 2.24) is 19.5 Å². The van der Waals surface area contributed by atoms with Crippen LogP contribution in [0.25, 0.3) is 0 Å². The molecule has 3 fully saturated rings. The Labute approximate surface area is 169 Å². The SMILES string of the molecule is COc1ccc(C(=O)N[C@H]2C[C@H]3C(=O)N(C4CC4)S(=O)(=O)CCN3C2)c(OC)n1. The third kappa shape index (κ3) is 3.76. The maximum Gasteiger partial charge on any atom is 0.257 e. The normalized spacial score (nSPS) is 26.6. The summed E-state index contributed by atoms with van der Waals surface area (Å²) >= 11 is 0. The van der Waals surface area contributed by atoms with E-state index in [0.717, 1.165) is 17.1 Å². The standard InChI is InChI=1S/C18H24N4O6S/c1-27-15-6-5-13(17(20-15)28-2)16(23)19-11-9-14-18(24)22(12-3-4-12)29(25,26)8-7-21(14)10-11/h5-6,11-12,14H,3-4,7-10H2,1-2H3,(H,19,23)/t11-,14-/m0/s1. The number of hydrogen-bond acceptors (Lipinski definition) is 8. The van der Waals surface area contributed by atoms with Gasteiger partial charge >= 0.3 is 0 Å². The molecular weight excluding hydrogens is 400 g/mol. The maximum absolute atomic E-state index is 12.9. The molecule has 0 unspecified atom stereocenters. The number of methoxy groups -OCH3 is 2. The van der Waals surface area contributed by atoms with Gasteiger partial charge in [-0.15, -0.1) is 0 Å². The summed E-state index contributed by atoms with van der Waals surface area (Å²) in [4.78, 5) is 31.7. The van der Waals surface area contributed by atoms with E-state index in [0.29, 0.717) is 18.8 Å². The highest BCUT2D eigenvalue weighted by Crippen LogP contribution is 2.34. The molecule has 1 aromatic heterocycles. The van der Waals surface area contributed by atoms with Crippen LogP contribution >= 0.6 is 0 Å². The molecule has 11 heteroatoms. The van der Waals surface area contributed by atoms with Crippen molar-refractivity contribution in [2.45, 2.75) is 37.4 Å². The summed E-state index contributed by atoms with van der Waals surface area (Å²) in [6, 6.07) is 2.14. The Kier molecular flexibility index (Phi) is 5.11. The number of sulfonamides is 1. The lowest BCUT2D eigenvalue weighted by atomic mass is 10.1. The van der Waals surface area contributed by atoms with Gasteiger partial charge in [0, 0.05) is 31.2 Å². The van der Waals surface area contributed by atoms with Gasteiger partial charge in [-0.2, -0.15) is 4.98 Å². The highest BCUT2D eigenvalue weighted by Gasteiger charge is 2.49. The summed E-state index contributed by atoms with van der Waals surface area (Å²) in [6.45, 7) is 0.698. The number of nitrogens with one attached hydrogen (secondary N) is 1. The van der Waals surface area contributed by atoms with E-state index in [2.05, 4.69) is 10.3 Å². The maximum atomic E-state index is 12.9. The van der Waals surface area contributed by atoms with E-state index in [1.807, 2.05) is 4.90 Å². The molecule has 0 radical (unpaired) electrons. The molecule has 3 heterocycles. The zero-order chi connectivity index (χ0) is 20.8. The smallest absolute Gasteiger partial charge is 0.257 e. The van der Waals surface area contributed by atoms with Gasteiger partial charge in [-0.25, -0.2) is 12.7 Å². The molecule has 10 nitrogen and oxygen atoms in total. The quantitative estimate of drug-likeness (QED) is 0.679. The fourth-order valence-electron chi connectivity index (χ4n) is 3.97. The van der Waals surface area contributed by atoms with E-state index in [9.17, 15) is 18.0 Å². The Morgan fingerprint density at radius 3 is 2.66 bits per heavy atom. The minimum atomic E-state index is -3.57. The molecular formula is C18H24N4O6S. The Morgan fingerprint density at radius 2 is 2.00 bits per heavy atom. The molecule has 0 aromatic carbocycles. The predicted molar refractivity (Wildman–Crippen MR) is 102 cm³/mol. The van der Waals surface area contributed by atoms with Crippen LogP contribution in [-0.4, -0.2) is 85.6 Å². The van der Waals surface area contributed by atoms with Crippen LogP contribution in [0.2, 0.25) is 0 Å². The molecule has 2 atom stereocenters. The minimum Gasteiger partial charge on any atom is -0.481 e. The summed E-state index contributed by atoms with van der Waals surface area (Å²) in [5.41, 5.74) is 0.268. The zero-order valence-electron chi connectivity index (χ0n) is 16.3. The van der Waals surface area contributed by atoms with Gasteiger partial charge in [0.2, 0.25) is 21.8 Å². The van der Waals surface area contributed by atoms with Crippen molar-refractivity contribution in [3.63, 3.8) is 0 Å². The van der Waals surface area contributed by atoms with Gasteiger partial charge in [0.1, 0.15) is 5.56 Å². The van der Waals surface area contributed by atoms with Crippen molar-refractivity contribution in [3.05, 3.63) is 17.7 Å². The molecule has 2 saturated heterocycles. The number of carbonyl (C=O) groups is 2. The van der Waals surface area contributed by atoms with E-state index in [1.54, 1.807) is 12.1 Å². The Morgan fingerprint density at radius 1 is 1.24 bits per heavy atom. The van der Waals surface area contributed by atoms with Gasteiger partial charge in [-0.05, 0) is 25.3 Å². The topological polar surface area (TPSA) is 118 Å². The molecule has 1 saturated carbocycles. The lowest BCUT2D eigenvalue weighted by Crippen LogP contribution is -2.45. The number of nitrogens with zero attached hydrogens (tertiary/aromatic N) is 3. The average molecular weight is 424 g/mol. The van der Waals surface area contributed by atoms with E-state index < -0.39 is 16.1 Å². The van der Waals surface area contributed by atoms with Crippen LogP contribution in [0.5, 0.6) is 11.8 Å². The Bertz CT molecular complexity index is 932. The second kappa shape index (κ2) is 7.45. The molecule has 29 heavy (non-hydrogen) atoms. The van der Waals surface area contributed by atoms with Crippen molar-refractivity contribution >= 4 is 21.8 Å². The second-order valence-corrected chi connectivity index (χ2v) is 9.47. The van der Waals surface area contributed by atoms with E-state index in [-0.39, 0.29) is 47.6 Å². The summed E-state index contributed by atoms with van der Waals surface area (Å²) in [5.74, 6) is -0.330. The van der Waals surface area contributed by atoms with E-state index >= 15 is 0 Å². The first-order valence-electron chi connectivity index (χ1n) is 9.54. The molecule has 1 N–H and O–H groups in total. The molecule has 4 rings (SSSR count). The van der Waals surface area contributed by atoms with Crippen LogP contribution in [0.15, 0.2) is 12.1 Å². The van der Waals surface area contributed by atoms with Crippen molar-refractivity contribution in [3.8, 4) is 11.8 Å². The van der Waals surface area contributed by atoms with Gasteiger partial charge in [0.05, 0.1) is 26.0 Å². The number of carbonyl (C=O) groups excluding carboxylic acids is 2. The minimum absolute atomic E-state index is 0.0807. The van der Waals surface area contributed by atoms with Gasteiger partial charge in [0.25, 0.3) is 11.8 Å². The number of aromatic nitrogens is 1. The first-order valence-corrected chi connectivity index (χ1v) is 11.1. The first kappa shape index (κ1) is 19.9. The van der Waals surface area contributed by atoms with Crippen LogP contribution in [0.4, 0.5) is 0 Å². The van der Waals surface area contributed by atoms with Gasteiger partial charge < -0.3 is 14.8 Å². The fraction of sp³-hybridized carbons (Fsp3) is 0.611. The number of fused-ring (bicyclic) bond motifs is 1. The molecule has 1 aromatic rings. The number of rotatable bonds is 5. The first-order chi connectivity index (χ1) is 13.8. The summed E-state index contributed by atoms with van der Waals surface area (Å²) < 4.78 is 36.3. The van der Waals surface area contributed by atoms with E-state index in [1.165, 1.54) is 14.2 Å². The van der Waals surface area contributed by atoms with Crippen LogP contribution in [0.3, 0.4) is 0 Å². The third-order valence-electron chi connectivity index (χ3n) is 5.54. The largest absolute Gasteiger partial charge is 0.481 e.